The first kappa shape index (κ1) is 14.5. The van der Waals surface area contributed by atoms with Gasteiger partial charge in [-0.15, -0.1) is 0 Å². The van der Waals surface area contributed by atoms with Crippen molar-refractivity contribution < 1.29 is 0 Å². The third kappa shape index (κ3) is 2.83. The summed E-state index contributed by atoms with van der Waals surface area (Å²) in [6, 6.07) is 3.27. The summed E-state index contributed by atoms with van der Waals surface area (Å²) in [6.07, 6.45) is 8.53. The lowest BCUT2D eigenvalue weighted by molar-refractivity contribution is 0.138. The van der Waals surface area contributed by atoms with Crippen LogP contribution in [0.3, 0.4) is 0 Å². The minimum absolute atomic E-state index is 0.816. The highest BCUT2D eigenvalue weighted by Gasteiger charge is 2.37. The average molecular weight is 269 g/mol. The van der Waals surface area contributed by atoms with Gasteiger partial charge in [0.25, 0.3) is 0 Å². The van der Waals surface area contributed by atoms with E-state index < -0.39 is 9.12 Å². The highest BCUT2D eigenvalue weighted by atomic mass is 28.3. The monoisotopic (exact) mass is 268 g/mol. The maximum Gasteiger partial charge on any atom is 0.187 e. The molecule has 0 aromatic rings. The Hall–Kier alpha value is 0.137. The van der Waals surface area contributed by atoms with Crippen LogP contribution in [0.4, 0.5) is 0 Å². The molecule has 0 aromatic heterocycles. The van der Waals surface area contributed by atoms with Gasteiger partial charge in [0.2, 0.25) is 0 Å². The molecule has 4 atom stereocenters. The van der Waals surface area contributed by atoms with Gasteiger partial charge in [0.05, 0.1) is 0 Å². The molecule has 2 fully saturated rings. The molecule has 0 spiro atoms. The van der Waals surface area contributed by atoms with E-state index in [1.54, 1.807) is 0 Å². The lowest BCUT2D eigenvalue weighted by Gasteiger charge is -2.51. The van der Waals surface area contributed by atoms with Crippen molar-refractivity contribution in [3.63, 3.8) is 0 Å². The van der Waals surface area contributed by atoms with Crippen LogP contribution in [-0.4, -0.2) is 42.4 Å². The zero-order valence-electron chi connectivity index (χ0n) is 13.0. The quantitative estimate of drug-likeness (QED) is 0.709. The second-order valence-corrected chi connectivity index (χ2v) is 9.24. The molecule has 3 heteroatoms. The molecular formula is C15H32N2Si. The zero-order chi connectivity index (χ0) is 13.3. The Morgan fingerprint density at radius 3 is 1.22 bits per heavy atom. The third-order valence-corrected chi connectivity index (χ3v) is 9.15. The summed E-state index contributed by atoms with van der Waals surface area (Å²) in [6.45, 7) is 12.4. The molecule has 106 valence electrons. The fourth-order valence-electron chi connectivity index (χ4n) is 4.51. The molecule has 4 unspecified atom stereocenters. The first-order valence-electron chi connectivity index (χ1n) is 8.07. The predicted octanol–water partition coefficient (Wildman–Crippen LogP) is 3.36. The van der Waals surface area contributed by atoms with Gasteiger partial charge in [-0.1, -0.05) is 40.5 Å². The lowest BCUT2D eigenvalue weighted by atomic mass is 10.0. The second kappa shape index (κ2) is 6.06. The fraction of sp³-hybridized carbons (Fsp3) is 1.00. The van der Waals surface area contributed by atoms with Crippen LogP contribution in [0, 0.1) is 0 Å². The van der Waals surface area contributed by atoms with Crippen molar-refractivity contribution in [3.05, 3.63) is 0 Å². The Balaban J connectivity index is 2.10. The van der Waals surface area contributed by atoms with Crippen LogP contribution < -0.4 is 0 Å². The van der Waals surface area contributed by atoms with E-state index in [1.807, 2.05) is 0 Å². The van der Waals surface area contributed by atoms with E-state index in [1.165, 1.54) is 38.5 Å². The smallest absolute Gasteiger partial charge is 0.187 e. The molecule has 0 aromatic carbocycles. The van der Waals surface area contributed by atoms with E-state index in [0.717, 1.165) is 24.2 Å². The van der Waals surface area contributed by atoms with E-state index in [-0.39, 0.29) is 0 Å². The molecule has 0 N–H and O–H groups in total. The summed E-state index contributed by atoms with van der Waals surface area (Å²) in [5.41, 5.74) is 0. The van der Waals surface area contributed by atoms with Gasteiger partial charge in [-0.25, -0.2) is 0 Å². The van der Waals surface area contributed by atoms with Crippen molar-refractivity contribution in [2.24, 2.45) is 0 Å². The molecule has 0 radical (unpaired) electrons. The Morgan fingerprint density at radius 2 is 0.944 bits per heavy atom. The molecule has 0 saturated carbocycles. The first-order chi connectivity index (χ1) is 8.52. The van der Waals surface area contributed by atoms with Crippen LogP contribution in [0.25, 0.3) is 0 Å². The van der Waals surface area contributed by atoms with Crippen LogP contribution >= 0.6 is 0 Å². The molecule has 0 amide bonds. The van der Waals surface area contributed by atoms with Crippen LogP contribution in [0.2, 0.25) is 6.55 Å². The average Bonchev–Trinajstić information content (AvgIpc) is 2.28. The minimum Gasteiger partial charge on any atom is -0.309 e. The van der Waals surface area contributed by atoms with Crippen LogP contribution in [0.15, 0.2) is 0 Å². The fourth-order valence-corrected chi connectivity index (χ4v) is 8.36. The summed E-state index contributed by atoms with van der Waals surface area (Å²) in [7, 11) is -0.930. The SMILES string of the molecule is CC1CCCC(C)N1[SiH](C)N1C(C)CCCC1C. The molecule has 18 heavy (non-hydrogen) atoms. The van der Waals surface area contributed by atoms with Gasteiger partial charge in [-0.2, -0.15) is 0 Å². The van der Waals surface area contributed by atoms with Crippen molar-refractivity contribution in [2.75, 3.05) is 0 Å². The maximum absolute atomic E-state index is 2.92. The van der Waals surface area contributed by atoms with Gasteiger partial charge >= 0.3 is 0 Å². The van der Waals surface area contributed by atoms with Gasteiger partial charge in [0, 0.05) is 24.2 Å². The number of hydrogen-bond acceptors (Lipinski definition) is 2. The largest absolute Gasteiger partial charge is 0.309 e. The Morgan fingerprint density at radius 1 is 0.667 bits per heavy atom. The molecule has 2 nitrogen and oxygen atoms in total. The normalized spacial score (nSPS) is 41.8. The molecule has 2 rings (SSSR count). The standard InChI is InChI=1S/C15H32N2Si/c1-12-8-6-9-13(2)16(12)18(5)17-14(3)10-7-11-15(17)4/h12-15,18H,6-11H2,1-5H3. The lowest BCUT2D eigenvalue weighted by Crippen LogP contribution is -2.63. The topological polar surface area (TPSA) is 6.48 Å². The highest BCUT2D eigenvalue weighted by molar-refractivity contribution is 6.51. The van der Waals surface area contributed by atoms with Crippen molar-refractivity contribution >= 4 is 9.12 Å². The van der Waals surface area contributed by atoms with Gasteiger partial charge in [0.1, 0.15) is 0 Å². The first-order valence-corrected chi connectivity index (χ1v) is 10.3. The number of piperidine rings is 2. The maximum atomic E-state index is 2.92. The highest BCUT2D eigenvalue weighted by Crippen LogP contribution is 2.30. The molecule has 0 aliphatic carbocycles. The summed E-state index contributed by atoms with van der Waals surface area (Å²) < 4.78 is 5.84. The van der Waals surface area contributed by atoms with Gasteiger partial charge in [-0.05, 0) is 32.2 Å². The third-order valence-electron chi connectivity index (χ3n) is 5.39. The van der Waals surface area contributed by atoms with Gasteiger partial charge in [-0.3, -0.25) is 0 Å². The summed E-state index contributed by atoms with van der Waals surface area (Å²) in [4.78, 5) is 0. The summed E-state index contributed by atoms with van der Waals surface area (Å²) in [5.74, 6) is 0. The van der Waals surface area contributed by atoms with Gasteiger partial charge < -0.3 is 9.13 Å². The van der Waals surface area contributed by atoms with E-state index in [9.17, 15) is 0 Å². The van der Waals surface area contributed by atoms with Crippen LogP contribution in [0.1, 0.15) is 66.2 Å². The number of hydrogen-bond donors (Lipinski definition) is 0. The van der Waals surface area contributed by atoms with Crippen molar-refractivity contribution in [1.82, 2.24) is 9.13 Å². The Bertz CT molecular complexity index is 225. The van der Waals surface area contributed by atoms with Crippen molar-refractivity contribution in [1.29, 1.82) is 0 Å². The van der Waals surface area contributed by atoms with Crippen LogP contribution in [0.5, 0.6) is 0 Å². The number of rotatable bonds is 2. The zero-order valence-corrected chi connectivity index (χ0v) is 14.2. The van der Waals surface area contributed by atoms with Crippen molar-refractivity contribution in [3.8, 4) is 0 Å². The molecule has 2 aliphatic rings. The van der Waals surface area contributed by atoms with Crippen LogP contribution in [-0.2, 0) is 0 Å². The second-order valence-electron chi connectivity index (χ2n) is 6.78. The molecule has 2 heterocycles. The molecule has 2 aliphatic heterocycles. The van der Waals surface area contributed by atoms with E-state index in [2.05, 4.69) is 43.4 Å². The van der Waals surface area contributed by atoms with E-state index in [4.69, 9.17) is 0 Å². The van der Waals surface area contributed by atoms with Gasteiger partial charge in [0.15, 0.2) is 9.12 Å². The van der Waals surface area contributed by atoms with E-state index in [0.29, 0.717) is 0 Å². The molecule has 0 bridgehead atoms. The summed E-state index contributed by atoms with van der Waals surface area (Å²) >= 11 is 0. The minimum atomic E-state index is -0.930. The molecule has 2 saturated heterocycles. The Labute approximate surface area is 115 Å². The predicted molar refractivity (Wildman–Crippen MR) is 82.2 cm³/mol. The van der Waals surface area contributed by atoms with E-state index >= 15 is 0 Å². The number of nitrogens with zero attached hydrogens (tertiary/aromatic N) is 2. The molecular weight excluding hydrogens is 236 g/mol. The Kier molecular flexibility index (Phi) is 4.90. The van der Waals surface area contributed by atoms with Crippen molar-refractivity contribution in [2.45, 2.75) is 96.9 Å². The summed E-state index contributed by atoms with van der Waals surface area (Å²) in [5, 5.41) is 0.